The maximum Gasteiger partial charge on any atom is 0.321 e. The van der Waals surface area contributed by atoms with Gasteiger partial charge in [-0.2, -0.15) is 9.97 Å². The van der Waals surface area contributed by atoms with Crippen LogP contribution in [0.15, 0.2) is 21.7 Å². The molecule has 0 aliphatic rings. The number of carbonyl (C=O) groups is 2. The minimum atomic E-state index is -0.445. The number of aromatic nitrogens is 4. The highest BCUT2D eigenvalue weighted by Gasteiger charge is 2.20. The lowest BCUT2D eigenvalue weighted by atomic mass is 10.2. The summed E-state index contributed by atoms with van der Waals surface area (Å²) < 4.78 is 0.739. The van der Waals surface area contributed by atoms with Crippen molar-refractivity contribution in [1.82, 2.24) is 30.6 Å². The number of aryl methyl sites for hydroxylation is 2. The van der Waals surface area contributed by atoms with Gasteiger partial charge in [0.05, 0.1) is 26.7 Å². The third-order valence-electron chi connectivity index (χ3n) is 5.44. The average molecular weight is 541 g/mol. The number of anilines is 2. The highest BCUT2D eigenvalue weighted by atomic mass is 35.5. The normalized spacial score (nSPS) is 10.8. The number of amides is 4. The first-order valence-electron chi connectivity index (χ1n) is 11.9. The molecule has 2 rings (SSSR count). The molecule has 0 aliphatic carbocycles. The topological polar surface area (TPSA) is 200 Å². The van der Waals surface area contributed by atoms with E-state index < -0.39 is 23.2 Å². The molecule has 15 heteroatoms. The number of carbonyl (C=O) groups excluding carboxylic acids is 2. The first-order chi connectivity index (χ1) is 17.1. The highest BCUT2D eigenvalue weighted by molar-refractivity contribution is 5.87. The number of rotatable bonds is 13. The first kappa shape index (κ1) is 31.5. The van der Waals surface area contributed by atoms with Crippen LogP contribution in [0, 0.1) is 13.8 Å². The zero-order valence-electron chi connectivity index (χ0n) is 21.4. The highest BCUT2D eigenvalue weighted by Crippen LogP contribution is 2.07. The van der Waals surface area contributed by atoms with Gasteiger partial charge in [0.15, 0.2) is 0 Å². The summed E-state index contributed by atoms with van der Waals surface area (Å²) in [5.74, 6) is 0.198. The van der Waals surface area contributed by atoms with Crippen molar-refractivity contribution in [3.05, 3.63) is 44.2 Å². The monoisotopic (exact) mass is 540 g/mol. The summed E-state index contributed by atoms with van der Waals surface area (Å²) in [4.78, 5) is 60.1. The van der Waals surface area contributed by atoms with Gasteiger partial charge >= 0.3 is 12.1 Å². The van der Waals surface area contributed by atoms with Crippen LogP contribution in [0.1, 0.15) is 30.7 Å². The van der Waals surface area contributed by atoms with E-state index in [1.807, 2.05) is 0 Å². The second-order valence-corrected chi connectivity index (χ2v) is 8.90. The molecule has 0 radical (unpaired) electrons. The van der Waals surface area contributed by atoms with E-state index in [4.69, 9.17) is 5.73 Å². The van der Waals surface area contributed by atoms with Crippen molar-refractivity contribution in [2.24, 2.45) is 5.73 Å². The van der Waals surface area contributed by atoms with E-state index in [2.05, 4.69) is 48.3 Å². The van der Waals surface area contributed by atoms with Crippen molar-refractivity contribution >= 4 is 24.0 Å². The smallest absolute Gasteiger partial charge is 0.321 e. The maximum absolute atomic E-state index is 12.1. The third-order valence-corrected chi connectivity index (χ3v) is 5.44. The summed E-state index contributed by atoms with van der Waals surface area (Å²) >= 11 is 0. The first-order valence-corrected chi connectivity index (χ1v) is 11.9. The van der Waals surface area contributed by atoms with E-state index >= 15 is 0 Å². The number of quaternary nitrogens is 1. The second-order valence-electron chi connectivity index (χ2n) is 8.90. The number of aromatic amines is 2. The Balaban J connectivity index is 0.00000684. The van der Waals surface area contributed by atoms with E-state index in [0.29, 0.717) is 31.0 Å². The fourth-order valence-electron chi connectivity index (χ4n) is 3.71. The van der Waals surface area contributed by atoms with E-state index in [1.165, 1.54) is 12.1 Å². The molecule has 8 N–H and O–H groups in total. The largest absolute Gasteiger partial charge is 1.00 e. The van der Waals surface area contributed by atoms with Crippen molar-refractivity contribution in [3.63, 3.8) is 0 Å². The van der Waals surface area contributed by atoms with Gasteiger partial charge in [0, 0.05) is 55.9 Å². The molecule has 14 nitrogen and oxygen atoms in total. The second kappa shape index (κ2) is 15.6. The molecule has 0 aromatic carbocycles. The SMILES string of the molecule is Cc1cc(=O)nc(NC(=O)NCCC[N+](C)(CCCN)CCCNC(=O)Nc2nc(=O)cc(C)[nH]2)[nH]1.[Cl-]. The number of hydrogen-bond acceptors (Lipinski definition) is 7. The minimum absolute atomic E-state index is 0. The average Bonchev–Trinajstić information content (AvgIpc) is 2.77. The van der Waals surface area contributed by atoms with Gasteiger partial charge in [-0.25, -0.2) is 9.59 Å². The van der Waals surface area contributed by atoms with Crippen LogP contribution < -0.4 is 50.5 Å². The number of nitrogens with two attached hydrogens (primary N) is 1. The molecule has 0 bridgehead atoms. The van der Waals surface area contributed by atoms with E-state index in [9.17, 15) is 19.2 Å². The molecule has 0 unspecified atom stereocenters. The lowest BCUT2D eigenvalue weighted by Crippen LogP contribution is -3.00. The van der Waals surface area contributed by atoms with Crippen molar-refractivity contribution in [2.45, 2.75) is 33.1 Å². The third kappa shape index (κ3) is 12.3. The number of H-pyrrole nitrogens is 2. The van der Waals surface area contributed by atoms with Crippen LogP contribution in [-0.2, 0) is 0 Å². The Morgan fingerprint density at radius 2 is 1.24 bits per heavy atom. The van der Waals surface area contributed by atoms with Crippen LogP contribution in [0.4, 0.5) is 21.5 Å². The van der Waals surface area contributed by atoms with Gasteiger partial charge in [-0.1, -0.05) is 0 Å². The molecular weight excluding hydrogens is 504 g/mol. The zero-order chi connectivity index (χ0) is 26.6. The molecule has 0 spiro atoms. The van der Waals surface area contributed by atoms with Crippen LogP contribution in [-0.4, -0.2) is 82.8 Å². The number of urea groups is 2. The van der Waals surface area contributed by atoms with Crippen molar-refractivity contribution in [2.75, 3.05) is 56.9 Å². The summed E-state index contributed by atoms with van der Waals surface area (Å²) in [5.41, 5.74) is 6.06. The number of halogens is 1. The number of nitrogens with zero attached hydrogens (tertiary/aromatic N) is 3. The molecule has 4 amide bonds. The number of nitrogens with one attached hydrogen (secondary N) is 6. The van der Waals surface area contributed by atoms with Gasteiger partial charge < -0.3 is 43.2 Å². The summed E-state index contributed by atoms with van der Waals surface area (Å²) in [6.07, 6.45) is 2.32. The molecule has 37 heavy (non-hydrogen) atoms. The summed E-state index contributed by atoms with van der Waals surface area (Å²) in [7, 11) is 2.12. The maximum atomic E-state index is 12.1. The molecule has 0 fully saturated rings. The van der Waals surface area contributed by atoms with Crippen LogP contribution >= 0.6 is 0 Å². The summed E-state index contributed by atoms with van der Waals surface area (Å²) in [6, 6.07) is 1.79. The molecular formula is C22H37ClN10O4. The Morgan fingerprint density at radius 3 is 1.62 bits per heavy atom. The molecule has 2 aromatic rings. The van der Waals surface area contributed by atoms with Crippen LogP contribution in [0.3, 0.4) is 0 Å². The Morgan fingerprint density at radius 1 is 0.838 bits per heavy atom. The van der Waals surface area contributed by atoms with Gasteiger partial charge in [0.2, 0.25) is 11.9 Å². The van der Waals surface area contributed by atoms with Gasteiger partial charge in [0.1, 0.15) is 0 Å². The predicted molar refractivity (Wildman–Crippen MR) is 137 cm³/mol. The van der Waals surface area contributed by atoms with Crippen molar-refractivity contribution in [3.8, 4) is 0 Å². The Bertz CT molecular complexity index is 1060. The van der Waals surface area contributed by atoms with Crippen LogP contribution in [0.25, 0.3) is 0 Å². The van der Waals surface area contributed by atoms with Gasteiger partial charge in [-0.05, 0) is 20.4 Å². The lowest BCUT2D eigenvalue weighted by Gasteiger charge is -2.35. The quantitative estimate of drug-likeness (QED) is 0.104. The van der Waals surface area contributed by atoms with E-state index in [1.54, 1.807) is 13.8 Å². The van der Waals surface area contributed by atoms with Gasteiger partial charge in [-0.15, -0.1) is 0 Å². The standard InChI is InChI=1S/C22H36N10O4.ClH/c1-15-13-17(33)28-19(26-15)30-21(35)24-8-5-11-32(3,10-4-7-23)12-6-9-25-22(36)31-20-27-16(2)14-18(34)29-20;/h13-14H,4-12,23H2,1-3H3,(H5-,24,25,26,27,28,29,30,31,33,34,35,36);1H. The fraction of sp³-hybridized carbons (Fsp3) is 0.545. The molecule has 0 atom stereocenters. The molecule has 206 valence electrons. The molecule has 2 heterocycles. The summed E-state index contributed by atoms with van der Waals surface area (Å²) in [6.45, 7) is 7.37. The zero-order valence-corrected chi connectivity index (χ0v) is 22.2. The van der Waals surface area contributed by atoms with E-state index in [0.717, 1.165) is 43.4 Å². The molecule has 2 aromatic heterocycles. The molecule has 0 aliphatic heterocycles. The van der Waals surface area contributed by atoms with Crippen molar-refractivity contribution in [1.29, 1.82) is 0 Å². The minimum Gasteiger partial charge on any atom is -1.00 e. The van der Waals surface area contributed by atoms with Crippen molar-refractivity contribution < 1.29 is 26.5 Å². The molecule has 0 saturated heterocycles. The van der Waals surface area contributed by atoms with Crippen LogP contribution in [0.5, 0.6) is 0 Å². The number of hydrogen-bond donors (Lipinski definition) is 7. The molecule has 0 saturated carbocycles. The predicted octanol–water partition coefficient (Wildman–Crippen LogP) is -3.01. The van der Waals surface area contributed by atoms with Gasteiger partial charge in [-0.3, -0.25) is 20.2 Å². The van der Waals surface area contributed by atoms with Gasteiger partial charge in [0.25, 0.3) is 11.1 Å². The fourth-order valence-corrected chi connectivity index (χ4v) is 3.71. The Labute approximate surface area is 221 Å². The van der Waals surface area contributed by atoms with E-state index in [-0.39, 0.29) is 24.3 Å². The van der Waals surface area contributed by atoms with Crippen LogP contribution in [0.2, 0.25) is 0 Å². The lowest BCUT2D eigenvalue weighted by molar-refractivity contribution is -0.909. The Hall–Kier alpha value is -3.49. The Kier molecular flexibility index (Phi) is 13.3. The summed E-state index contributed by atoms with van der Waals surface area (Å²) in [5, 5.41) is 10.6.